The smallest absolute Gasteiger partial charge is 0.180 e. The summed E-state index contributed by atoms with van der Waals surface area (Å²) in [6, 6.07) is 7.87. The van der Waals surface area contributed by atoms with Crippen molar-refractivity contribution in [2.75, 3.05) is 11.1 Å². The average molecular weight is 293 g/mol. The standard InChI is InChI=1S/C16H23NO2S/c1-2-11-20(18,19)15-6-4-3-5-14(15)17-16(12-7-8-12)13-9-10-13/h3-6,12-13,16-17H,2,7-11H2,1H3. The summed E-state index contributed by atoms with van der Waals surface area (Å²) in [5.74, 6) is 1.73. The molecule has 2 fully saturated rings. The Balaban J connectivity index is 1.85. The number of anilines is 1. The fourth-order valence-corrected chi connectivity index (χ4v) is 4.45. The van der Waals surface area contributed by atoms with Crippen molar-refractivity contribution in [3.05, 3.63) is 24.3 Å². The molecule has 110 valence electrons. The van der Waals surface area contributed by atoms with Crippen molar-refractivity contribution in [3.63, 3.8) is 0 Å². The highest BCUT2D eigenvalue weighted by atomic mass is 32.2. The first-order chi connectivity index (χ1) is 9.62. The second-order valence-corrected chi connectivity index (χ2v) is 8.24. The zero-order chi connectivity index (χ0) is 14.2. The zero-order valence-electron chi connectivity index (χ0n) is 12.0. The minimum Gasteiger partial charge on any atom is -0.381 e. The van der Waals surface area contributed by atoms with Crippen molar-refractivity contribution >= 4 is 15.5 Å². The van der Waals surface area contributed by atoms with Crippen molar-refractivity contribution in [1.29, 1.82) is 0 Å². The molecule has 1 aromatic carbocycles. The Morgan fingerprint density at radius 1 is 1.15 bits per heavy atom. The van der Waals surface area contributed by atoms with Gasteiger partial charge in [-0.2, -0.15) is 0 Å². The lowest BCUT2D eigenvalue weighted by atomic mass is 10.1. The lowest BCUT2D eigenvalue weighted by Gasteiger charge is -2.21. The topological polar surface area (TPSA) is 46.2 Å². The van der Waals surface area contributed by atoms with E-state index in [0.717, 1.165) is 17.5 Å². The Morgan fingerprint density at radius 2 is 1.75 bits per heavy atom. The van der Waals surface area contributed by atoms with Crippen LogP contribution >= 0.6 is 0 Å². The zero-order valence-corrected chi connectivity index (χ0v) is 12.8. The van der Waals surface area contributed by atoms with Crippen LogP contribution in [0.1, 0.15) is 39.0 Å². The van der Waals surface area contributed by atoms with E-state index in [0.29, 0.717) is 17.4 Å². The molecule has 1 aromatic rings. The maximum Gasteiger partial charge on any atom is 0.180 e. The van der Waals surface area contributed by atoms with Gasteiger partial charge in [0.1, 0.15) is 0 Å². The largest absolute Gasteiger partial charge is 0.381 e. The van der Waals surface area contributed by atoms with Gasteiger partial charge in [0, 0.05) is 6.04 Å². The van der Waals surface area contributed by atoms with E-state index in [4.69, 9.17) is 0 Å². The predicted molar refractivity (Wildman–Crippen MR) is 81.6 cm³/mol. The minimum absolute atomic E-state index is 0.225. The summed E-state index contributed by atoms with van der Waals surface area (Å²) < 4.78 is 24.7. The number of para-hydroxylation sites is 1. The highest BCUT2D eigenvalue weighted by molar-refractivity contribution is 7.91. The monoisotopic (exact) mass is 293 g/mol. The molecule has 0 spiro atoms. The van der Waals surface area contributed by atoms with Gasteiger partial charge in [-0.15, -0.1) is 0 Å². The summed E-state index contributed by atoms with van der Waals surface area (Å²) in [6.45, 7) is 1.91. The summed E-state index contributed by atoms with van der Waals surface area (Å²) >= 11 is 0. The molecule has 0 aromatic heterocycles. The lowest BCUT2D eigenvalue weighted by Crippen LogP contribution is -2.25. The molecule has 0 aliphatic heterocycles. The van der Waals surface area contributed by atoms with Crippen LogP contribution in [-0.4, -0.2) is 20.2 Å². The van der Waals surface area contributed by atoms with Crippen LogP contribution in [0.5, 0.6) is 0 Å². The van der Waals surface area contributed by atoms with Gasteiger partial charge in [-0.3, -0.25) is 0 Å². The van der Waals surface area contributed by atoms with Gasteiger partial charge in [-0.05, 0) is 56.1 Å². The van der Waals surface area contributed by atoms with Gasteiger partial charge in [0.25, 0.3) is 0 Å². The Kier molecular flexibility index (Phi) is 3.76. The highest BCUT2D eigenvalue weighted by Crippen LogP contribution is 2.46. The molecule has 3 rings (SSSR count). The van der Waals surface area contributed by atoms with Crippen LogP contribution in [0.3, 0.4) is 0 Å². The molecule has 2 saturated carbocycles. The molecule has 0 saturated heterocycles. The molecular formula is C16H23NO2S. The van der Waals surface area contributed by atoms with E-state index in [9.17, 15) is 8.42 Å². The number of rotatable bonds is 7. The molecular weight excluding hydrogens is 270 g/mol. The van der Waals surface area contributed by atoms with E-state index < -0.39 is 9.84 Å². The summed E-state index contributed by atoms with van der Waals surface area (Å²) in [5.41, 5.74) is 0.810. The van der Waals surface area contributed by atoms with Crippen LogP contribution in [0.15, 0.2) is 29.2 Å². The second kappa shape index (κ2) is 5.40. The van der Waals surface area contributed by atoms with Gasteiger partial charge in [-0.1, -0.05) is 19.1 Å². The van der Waals surface area contributed by atoms with Gasteiger partial charge < -0.3 is 5.32 Å². The van der Waals surface area contributed by atoms with Crippen LogP contribution in [-0.2, 0) is 9.84 Å². The Labute approximate surface area is 121 Å². The molecule has 0 radical (unpaired) electrons. The Hall–Kier alpha value is -1.03. The van der Waals surface area contributed by atoms with Crippen molar-refractivity contribution in [3.8, 4) is 0 Å². The van der Waals surface area contributed by atoms with Crippen LogP contribution in [0.4, 0.5) is 5.69 Å². The van der Waals surface area contributed by atoms with Crippen molar-refractivity contribution in [2.45, 2.75) is 50.0 Å². The van der Waals surface area contributed by atoms with Gasteiger partial charge in [0.15, 0.2) is 9.84 Å². The van der Waals surface area contributed by atoms with Gasteiger partial charge >= 0.3 is 0 Å². The van der Waals surface area contributed by atoms with Crippen LogP contribution in [0, 0.1) is 11.8 Å². The van der Waals surface area contributed by atoms with E-state index in [1.807, 2.05) is 25.1 Å². The molecule has 2 aliphatic carbocycles. The Bertz CT molecular complexity index is 562. The maximum atomic E-state index is 12.4. The van der Waals surface area contributed by atoms with Gasteiger partial charge in [0.2, 0.25) is 0 Å². The van der Waals surface area contributed by atoms with Crippen LogP contribution in [0.25, 0.3) is 0 Å². The maximum absolute atomic E-state index is 12.4. The molecule has 0 amide bonds. The molecule has 20 heavy (non-hydrogen) atoms. The predicted octanol–water partition coefficient (Wildman–Crippen LogP) is 3.47. The van der Waals surface area contributed by atoms with Gasteiger partial charge in [0.05, 0.1) is 16.3 Å². The van der Waals surface area contributed by atoms with Gasteiger partial charge in [-0.25, -0.2) is 8.42 Å². The third kappa shape index (κ3) is 3.00. The fraction of sp³-hybridized carbons (Fsp3) is 0.625. The molecule has 1 N–H and O–H groups in total. The quantitative estimate of drug-likeness (QED) is 0.837. The number of benzene rings is 1. The first-order valence-corrected chi connectivity index (χ1v) is 9.35. The number of sulfone groups is 1. The number of hydrogen-bond donors (Lipinski definition) is 1. The van der Waals surface area contributed by atoms with Crippen molar-refractivity contribution in [1.82, 2.24) is 0 Å². The molecule has 0 unspecified atom stereocenters. The number of nitrogens with one attached hydrogen (secondary N) is 1. The fourth-order valence-electron chi connectivity index (χ4n) is 2.95. The molecule has 0 bridgehead atoms. The lowest BCUT2D eigenvalue weighted by molar-refractivity contribution is 0.565. The average Bonchev–Trinajstić information content (AvgIpc) is 3.28. The third-order valence-corrected chi connectivity index (χ3v) is 6.25. The van der Waals surface area contributed by atoms with E-state index in [1.165, 1.54) is 25.7 Å². The Morgan fingerprint density at radius 3 is 2.30 bits per heavy atom. The first kappa shape index (κ1) is 13.9. The van der Waals surface area contributed by atoms with E-state index in [2.05, 4.69) is 5.32 Å². The molecule has 0 heterocycles. The van der Waals surface area contributed by atoms with Crippen LogP contribution in [0.2, 0.25) is 0 Å². The van der Waals surface area contributed by atoms with Crippen LogP contribution < -0.4 is 5.32 Å². The molecule has 2 aliphatic rings. The van der Waals surface area contributed by atoms with E-state index in [-0.39, 0.29) is 5.75 Å². The second-order valence-electron chi connectivity index (χ2n) is 6.16. The molecule has 3 nitrogen and oxygen atoms in total. The molecule has 0 atom stereocenters. The van der Waals surface area contributed by atoms with Crippen molar-refractivity contribution < 1.29 is 8.42 Å². The van der Waals surface area contributed by atoms with E-state index >= 15 is 0 Å². The van der Waals surface area contributed by atoms with Crippen molar-refractivity contribution in [2.24, 2.45) is 11.8 Å². The van der Waals surface area contributed by atoms with E-state index in [1.54, 1.807) is 6.07 Å². The minimum atomic E-state index is -3.16. The highest BCUT2D eigenvalue weighted by Gasteiger charge is 2.41. The summed E-state index contributed by atoms with van der Waals surface area (Å²) in [7, 11) is -3.16. The number of hydrogen-bond acceptors (Lipinski definition) is 3. The SMILES string of the molecule is CCCS(=O)(=O)c1ccccc1NC(C1CC1)C1CC1. The third-order valence-electron chi connectivity index (χ3n) is 4.28. The summed E-state index contributed by atoms with van der Waals surface area (Å²) in [5, 5.41) is 3.56. The summed E-state index contributed by atoms with van der Waals surface area (Å²) in [6.07, 6.45) is 5.82. The first-order valence-electron chi connectivity index (χ1n) is 7.70. The molecule has 4 heteroatoms. The summed E-state index contributed by atoms with van der Waals surface area (Å²) in [4.78, 5) is 0.480. The normalized spacial score (nSPS) is 19.3.